The molecule has 0 aliphatic rings. The zero-order chi connectivity index (χ0) is 9.14. The number of rotatable bonds is 2. The van der Waals surface area contributed by atoms with E-state index in [2.05, 4.69) is 0 Å². The van der Waals surface area contributed by atoms with Crippen LogP contribution in [0.2, 0.25) is 0 Å². The molecule has 12 heavy (non-hydrogen) atoms. The van der Waals surface area contributed by atoms with Crippen LogP contribution in [0, 0.1) is 6.92 Å². The highest BCUT2D eigenvalue weighted by Crippen LogP contribution is 2.21. The molecule has 0 unspecified atom stereocenters. The second kappa shape index (κ2) is 3.97. The van der Waals surface area contributed by atoms with Gasteiger partial charge in [-0.15, -0.1) is 11.8 Å². The van der Waals surface area contributed by atoms with Crippen LogP contribution < -0.4 is 0 Å². The van der Waals surface area contributed by atoms with Gasteiger partial charge in [-0.25, -0.2) is 0 Å². The summed E-state index contributed by atoms with van der Waals surface area (Å²) < 4.78 is 0. The van der Waals surface area contributed by atoms with Gasteiger partial charge in [0.05, 0.1) is 0 Å². The van der Waals surface area contributed by atoms with Crippen LogP contribution in [0.4, 0.5) is 0 Å². The summed E-state index contributed by atoms with van der Waals surface area (Å²) in [6.07, 6.45) is 2.00. The molecule has 1 nitrogen and oxygen atoms in total. The summed E-state index contributed by atoms with van der Waals surface area (Å²) >= 11 is 6.99. The molecular formula is C9H9ClOS. The number of aryl methyl sites for hydroxylation is 1. The first kappa shape index (κ1) is 9.62. The van der Waals surface area contributed by atoms with Crippen molar-refractivity contribution in [3.8, 4) is 0 Å². The fraction of sp³-hybridized carbons (Fsp3) is 0.222. The lowest BCUT2D eigenvalue weighted by Gasteiger charge is -2.02. The van der Waals surface area contributed by atoms with Crippen molar-refractivity contribution in [2.45, 2.75) is 11.8 Å². The molecule has 3 heteroatoms. The second-order valence-electron chi connectivity index (χ2n) is 2.46. The van der Waals surface area contributed by atoms with Crippen LogP contribution in [0.3, 0.4) is 0 Å². The van der Waals surface area contributed by atoms with Crippen molar-refractivity contribution in [2.75, 3.05) is 6.26 Å². The van der Waals surface area contributed by atoms with Crippen molar-refractivity contribution in [3.05, 3.63) is 29.3 Å². The highest BCUT2D eigenvalue weighted by Gasteiger charge is 2.03. The van der Waals surface area contributed by atoms with Crippen LogP contribution in [0.5, 0.6) is 0 Å². The Balaban J connectivity index is 3.10. The molecule has 1 aromatic rings. The smallest absolute Gasteiger partial charge is 0.252 e. The Labute approximate surface area is 81.1 Å². The van der Waals surface area contributed by atoms with Gasteiger partial charge in [-0.05, 0) is 48.5 Å². The molecule has 0 atom stereocenters. The van der Waals surface area contributed by atoms with Gasteiger partial charge in [0, 0.05) is 10.5 Å². The van der Waals surface area contributed by atoms with E-state index in [1.54, 1.807) is 23.9 Å². The van der Waals surface area contributed by atoms with E-state index in [-0.39, 0.29) is 0 Å². The second-order valence-corrected chi connectivity index (χ2v) is 3.65. The van der Waals surface area contributed by atoms with Gasteiger partial charge in [0.15, 0.2) is 0 Å². The molecule has 0 radical (unpaired) electrons. The molecule has 0 bridgehead atoms. The standard InChI is InChI=1S/C9H9ClOS/c1-6-5-7(9(10)11)3-4-8(6)12-2/h3-5H,1-2H3. The van der Waals surface area contributed by atoms with Gasteiger partial charge in [-0.2, -0.15) is 0 Å². The lowest BCUT2D eigenvalue weighted by atomic mass is 10.1. The van der Waals surface area contributed by atoms with Gasteiger partial charge < -0.3 is 0 Å². The number of benzene rings is 1. The molecule has 0 spiro atoms. The normalized spacial score (nSPS) is 9.92. The van der Waals surface area contributed by atoms with Crippen molar-refractivity contribution < 1.29 is 4.79 Å². The Morgan fingerprint density at radius 3 is 2.58 bits per heavy atom. The molecule has 0 aliphatic carbocycles. The molecule has 0 aliphatic heterocycles. The minimum Gasteiger partial charge on any atom is -0.276 e. The predicted molar refractivity (Wildman–Crippen MR) is 53.1 cm³/mol. The van der Waals surface area contributed by atoms with Gasteiger partial charge in [-0.1, -0.05) is 0 Å². The van der Waals surface area contributed by atoms with Crippen LogP contribution in [-0.4, -0.2) is 11.5 Å². The average molecular weight is 201 g/mol. The predicted octanol–water partition coefficient (Wildman–Crippen LogP) is 3.10. The molecule has 0 heterocycles. The van der Waals surface area contributed by atoms with E-state index >= 15 is 0 Å². The number of halogens is 1. The van der Waals surface area contributed by atoms with Crippen molar-refractivity contribution in [1.29, 1.82) is 0 Å². The molecule has 0 fully saturated rings. The fourth-order valence-electron chi connectivity index (χ4n) is 1.00. The van der Waals surface area contributed by atoms with E-state index in [0.717, 1.165) is 5.56 Å². The number of hydrogen-bond donors (Lipinski definition) is 0. The van der Waals surface area contributed by atoms with Gasteiger partial charge in [0.25, 0.3) is 5.24 Å². The molecule has 0 saturated heterocycles. The first-order valence-corrected chi connectivity index (χ1v) is 5.10. The van der Waals surface area contributed by atoms with Gasteiger partial charge in [0.1, 0.15) is 0 Å². The third-order valence-corrected chi connectivity index (χ3v) is 2.74. The molecule has 64 valence electrons. The summed E-state index contributed by atoms with van der Waals surface area (Å²) in [6.45, 7) is 1.97. The summed E-state index contributed by atoms with van der Waals surface area (Å²) in [6, 6.07) is 5.46. The minimum atomic E-state index is -0.397. The van der Waals surface area contributed by atoms with Crippen molar-refractivity contribution in [1.82, 2.24) is 0 Å². The largest absolute Gasteiger partial charge is 0.276 e. The summed E-state index contributed by atoms with van der Waals surface area (Å²) in [5.74, 6) is 0. The maximum absolute atomic E-state index is 10.8. The first-order valence-electron chi connectivity index (χ1n) is 3.49. The van der Waals surface area contributed by atoms with Crippen molar-refractivity contribution in [3.63, 3.8) is 0 Å². The number of hydrogen-bond acceptors (Lipinski definition) is 2. The SMILES string of the molecule is CSc1ccc(C(=O)Cl)cc1C. The summed E-state index contributed by atoms with van der Waals surface area (Å²) in [5, 5.41) is -0.397. The third kappa shape index (κ3) is 2.02. The molecule has 0 aromatic heterocycles. The minimum absolute atomic E-state index is 0.397. The highest BCUT2D eigenvalue weighted by molar-refractivity contribution is 7.98. The van der Waals surface area contributed by atoms with Crippen LogP contribution in [0.25, 0.3) is 0 Å². The van der Waals surface area contributed by atoms with Crippen molar-refractivity contribution in [2.24, 2.45) is 0 Å². The fourth-order valence-corrected chi connectivity index (χ4v) is 1.70. The van der Waals surface area contributed by atoms with Gasteiger partial charge in [0.2, 0.25) is 0 Å². The first-order chi connectivity index (χ1) is 5.65. The Bertz CT molecular complexity index is 309. The number of thioether (sulfide) groups is 1. The summed E-state index contributed by atoms with van der Waals surface area (Å²) in [4.78, 5) is 11.9. The van der Waals surface area contributed by atoms with E-state index in [4.69, 9.17) is 11.6 Å². The van der Waals surface area contributed by atoms with E-state index in [0.29, 0.717) is 5.56 Å². The monoisotopic (exact) mass is 200 g/mol. The number of carbonyl (C=O) groups excluding carboxylic acids is 1. The Morgan fingerprint density at radius 1 is 1.50 bits per heavy atom. The molecular weight excluding hydrogens is 192 g/mol. The van der Waals surface area contributed by atoms with Crippen LogP contribution >= 0.6 is 23.4 Å². The molecule has 0 amide bonds. The summed E-state index contributed by atoms with van der Waals surface area (Å²) in [5.41, 5.74) is 1.65. The number of carbonyl (C=O) groups is 1. The topological polar surface area (TPSA) is 17.1 Å². The van der Waals surface area contributed by atoms with Crippen LogP contribution in [0.1, 0.15) is 15.9 Å². The molecule has 0 saturated carbocycles. The lowest BCUT2D eigenvalue weighted by molar-refractivity contribution is 0.108. The zero-order valence-electron chi connectivity index (χ0n) is 6.93. The van der Waals surface area contributed by atoms with E-state index in [9.17, 15) is 4.79 Å². The molecule has 0 N–H and O–H groups in total. The van der Waals surface area contributed by atoms with E-state index < -0.39 is 5.24 Å². The lowest BCUT2D eigenvalue weighted by Crippen LogP contribution is -1.90. The highest BCUT2D eigenvalue weighted by atomic mass is 35.5. The zero-order valence-corrected chi connectivity index (χ0v) is 8.50. The quantitative estimate of drug-likeness (QED) is 0.539. The third-order valence-electron chi connectivity index (χ3n) is 1.62. The summed E-state index contributed by atoms with van der Waals surface area (Å²) in [7, 11) is 0. The van der Waals surface area contributed by atoms with Crippen LogP contribution in [0.15, 0.2) is 23.1 Å². The van der Waals surface area contributed by atoms with E-state index in [1.165, 1.54) is 4.90 Å². The molecule has 1 aromatic carbocycles. The molecule has 1 rings (SSSR count). The Morgan fingerprint density at radius 2 is 2.17 bits per heavy atom. The van der Waals surface area contributed by atoms with Crippen molar-refractivity contribution >= 4 is 28.6 Å². The van der Waals surface area contributed by atoms with E-state index in [1.807, 2.05) is 19.2 Å². The van der Waals surface area contributed by atoms with Crippen LogP contribution in [-0.2, 0) is 0 Å². The average Bonchev–Trinajstić information content (AvgIpc) is 2.04. The van der Waals surface area contributed by atoms with Gasteiger partial charge in [-0.3, -0.25) is 4.79 Å². The Kier molecular flexibility index (Phi) is 3.18. The van der Waals surface area contributed by atoms with Gasteiger partial charge >= 0.3 is 0 Å². The maximum atomic E-state index is 10.8. The maximum Gasteiger partial charge on any atom is 0.252 e. The Hall–Kier alpha value is -0.470.